The average molecular weight is 281 g/mol. The fourth-order valence-corrected chi connectivity index (χ4v) is 2.58. The van der Waals surface area contributed by atoms with Crippen LogP contribution in [0.1, 0.15) is 11.4 Å². The van der Waals surface area contributed by atoms with Crippen molar-refractivity contribution < 1.29 is 4.74 Å². The van der Waals surface area contributed by atoms with Crippen LogP contribution in [0.25, 0.3) is 5.65 Å². The molecule has 21 heavy (non-hydrogen) atoms. The highest BCUT2D eigenvalue weighted by molar-refractivity contribution is 5.44. The molecule has 6 nitrogen and oxygen atoms in total. The first kappa shape index (κ1) is 12.1. The van der Waals surface area contributed by atoms with Gasteiger partial charge in [-0.3, -0.25) is 0 Å². The third-order valence-electron chi connectivity index (χ3n) is 3.64. The van der Waals surface area contributed by atoms with Crippen molar-refractivity contribution >= 4 is 11.5 Å². The average Bonchev–Trinajstić information content (AvgIpc) is 3.09. The largest absolute Gasteiger partial charge is 0.488 e. The maximum atomic E-state index is 5.90. The van der Waals surface area contributed by atoms with Gasteiger partial charge in [0.1, 0.15) is 17.7 Å². The lowest BCUT2D eigenvalue weighted by atomic mass is 10.1. The van der Waals surface area contributed by atoms with Gasteiger partial charge in [0.2, 0.25) is 0 Å². The summed E-state index contributed by atoms with van der Waals surface area (Å²) in [5.74, 6) is 2.56. The van der Waals surface area contributed by atoms with Crippen molar-refractivity contribution in [1.82, 2.24) is 19.8 Å². The molecule has 2 aromatic heterocycles. The summed E-state index contributed by atoms with van der Waals surface area (Å²) in [5, 5.41) is 15.8. The highest BCUT2D eigenvalue weighted by atomic mass is 16.5. The van der Waals surface area contributed by atoms with Crippen molar-refractivity contribution in [2.75, 3.05) is 11.9 Å². The van der Waals surface area contributed by atoms with Crippen molar-refractivity contribution in [3.8, 4) is 5.75 Å². The zero-order valence-electron chi connectivity index (χ0n) is 11.7. The van der Waals surface area contributed by atoms with E-state index in [1.165, 1.54) is 5.56 Å². The molecule has 0 saturated heterocycles. The molecule has 0 radical (unpaired) electrons. The molecule has 0 bridgehead atoms. The number of rotatable bonds is 3. The molecule has 3 heterocycles. The number of nitrogens with one attached hydrogen (secondary N) is 1. The first-order valence-corrected chi connectivity index (χ1v) is 6.97. The summed E-state index contributed by atoms with van der Waals surface area (Å²) in [6.45, 7) is 2.60. The van der Waals surface area contributed by atoms with E-state index in [1.807, 2.05) is 37.3 Å². The summed E-state index contributed by atoms with van der Waals surface area (Å²) in [4.78, 5) is 0. The van der Waals surface area contributed by atoms with Gasteiger partial charge in [0.05, 0.1) is 6.54 Å². The standard InChI is InChI=1S/C15H15N5O/c1-10-17-18-15-7-6-14(19-20(10)15)16-9-12-8-11-4-2-3-5-13(11)21-12/h2-7,12H,8-9H2,1H3,(H,16,19)/t12-/m0/s1. The lowest BCUT2D eigenvalue weighted by Gasteiger charge is -2.12. The van der Waals surface area contributed by atoms with Gasteiger partial charge >= 0.3 is 0 Å². The number of aromatic nitrogens is 4. The Hall–Kier alpha value is -2.63. The molecule has 0 fully saturated rings. The molecule has 1 atom stereocenters. The Labute approximate surface area is 121 Å². The van der Waals surface area contributed by atoms with E-state index in [1.54, 1.807) is 4.52 Å². The Morgan fingerprint density at radius 2 is 2.14 bits per heavy atom. The van der Waals surface area contributed by atoms with Crippen LogP contribution in [0.3, 0.4) is 0 Å². The van der Waals surface area contributed by atoms with E-state index in [2.05, 4.69) is 26.7 Å². The van der Waals surface area contributed by atoms with Gasteiger partial charge in [0, 0.05) is 6.42 Å². The summed E-state index contributed by atoms with van der Waals surface area (Å²) in [6, 6.07) is 12.0. The summed E-state index contributed by atoms with van der Waals surface area (Å²) >= 11 is 0. The van der Waals surface area contributed by atoms with Crippen LogP contribution in [-0.2, 0) is 6.42 Å². The highest BCUT2D eigenvalue weighted by Gasteiger charge is 2.22. The van der Waals surface area contributed by atoms with Crippen molar-refractivity contribution in [3.05, 3.63) is 47.8 Å². The number of anilines is 1. The van der Waals surface area contributed by atoms with Gasteiger partial charge in [-0.2, -0.15) is 4.52 Å². The number of nitrogens with zero attached hydrogens (tertiary/aromatic N) is 4. The number of para-hydroxylation sites is 1. The molecule has 1 aliphatic heterocycles. The Balaban J connectivity index is 1.46. The summed E-state index contributed by atoms with van der Waals surface area (Å²) < 4.78 is 7.63. The SMILES string of the molecule is Cc1nnc2ccc(NC[C@@H]3Cc4ccccc4O3)nn12. The van der Waals surface area contributed by atoms with Gasteiger partial charge in [0.15, 0.2) is 11.5 Å². The zero-order chi connectivity index (χ0) is 14.2. The van der Waals surface area contributed by atoms with E-state index in [-0.39, 0.29) is 6.10 Å². The second-order valence-corrected chi connectivity index (χ2v) is 5.17. The van der Waals surface area contributed by atoms with Crippen LogP contribution in [0.2, 0.25) is 0 Å². The van der Waals surface area contributed by atoms with Crippen LogP contribution in [0.4, 0.5) is 5.82 Å². The summed E-state index contributed by atoms with van der Waals surface area (Å²) in [6.07, 6.45) is 1.07. The number of benzene rings is 1. The first-order valence-electron chi connectivity index (χ1n) is 6.97. The topological polar surface area (TPSA) is 64.3 Å². The number of aryl methyl sites for hydroxylation is 1. The molecule has 0 amide bonds. The minimum Gasteiger partial charge on any atom is -0.488 e. The van der Waals surface area contributed by atoms with Gasteiger partial charge < -0.3 is 10.1 Å². The quantitative estimate of drug-likeness (QED) is 0.793. The number of ether oxygens (including phenoxy) is 1. The van der Waals surface area contributed by atoms with Crippen LogP contribution < -0.4 is 10.1 Å². The maximum Gasteiger partial charge on any atom is 0.178 e. The second-order valence-electron chi connectivity index (χ2n) is 5.17. The molecule has 1 aliphatic rings. The van der Waals surface area contributed by atoms with Crippen molar-refractivity contribution in [3.63, 3.8) is 0 Å². The Morgan fingerprint density at radius 3 is 3.05 bits per heavy atom. The lowest BCUT2D eigenvalue weighted by Crippen LogP contribution is -2.24. The molecule has 0 saturated carbocycles. The monoisotopic (exact) mass is 281 g/mol. The minimum atomic E-state index is 0.141. The summed E-state index contributed by atoms with van der Waals surface area (Å²) in [7, 11) is 0. The Morgan fingerprint density at radius 1 is 1.24 bits per heavy atom. The third kappa shape index (κ3) is 2.18. The molecule has 3 aromatic rings. The van der Waals surface area contributed by atoms with Crippen molar-refractivity contribution in [1.29, 1.82) is 0 Å². The van der Waals surface area contributed by atoms with E-state index in [4.69, 9.17) is 4.74 Å². The van der Waals surface area contributed by atoms with Crippen LogP contribution in [0.15, 0.2) is 36.4 Å². The van der Waals surface area contributed by atoms with E-state index in [9.17, 15) is 0 Å². The van der Waals surface area contributed by atoms with Crippen LogP contribution in [0.5, 0.6) is 5.75 Å². The predicted molar refractivity (Wildman–Crippen MR) is 78.6 cm³/mol. The molecule has 0 spiro atoms. The second kappa shape index (κ2) is 4.73. The summed E-state index contributed by atoms with van der Waals surface area (Å²) in [5.41, 5.74) is 2.02. The number of hydrogen-bond acceptors (Lipinski definition) is 5. The van der Waals surface area contributed by atoms with Crippen LogP contribution >= 0.6 is 0 Å². The van der Waals surface area contributed by atoms with Gasteiger partial charge in [-0.15, -0.1) is 15.3 Å². The molecule has 6 heteroatoms. The Bertz CT molecular complexity index is 773. The van der Waals surface area contributed by atoms with Gasteiger partial charge in [-0.05, 0) is 30.7 Å². The van der Waals surface area contributed by atoms with Gasteiger partial charge in [-0.1, -0.05) is 18.2 Å². The van der Waals surface area contributed by atoms with Crippen LogP contribution in [0, 0.1) is 6.92 Å². The molecule has 1 N–H and O–H groups in total. The molecule has 1 aromatic carbocycles. The molecular weight excluding hydrogens is 266 g/mol. The normalized spacial score (nSPS) is 16.7. The van der Waals surface area contributed by atoms with E-state index >= 15 is 0 Å². The minimum absolute atomic E-state index is 0.141. The first-order chi connectivity index (χ1) is 10.3. The molecule has 4 rings (SSSR count). The fourth-order valence-electron chi connectivity index (χ4n) is 2.58. The third-order valence-corrected chi connectivity index (χ3v) is 3.64. The fraction of sp³-hybridized carbons (Fsp3) is 0.267. The zero-order valence-corrected chi connectivity index (χ0v) is 11.7. The molecule has 0 aliphatic carbocycles. The number of hydrogen-bond donors (Lipinski definition) is 1. The Kier molecular flexibility index (Phi) is 2.73. The van der Waals surface area contributed by atoms with E-state index < -0.39 is 0 Å². The predicted octanol–water partition coefficient (Wildman–Crippen LogP) is 1.85. The maximum absolute atomic E-state index is 5.90. The van der Waals surface area contributed by atoms with E-state index in [0.29, 0.717) is 6.54 Å². The molecule has 106 valence electrons. The molecular formula is C15H15N5O. The van der Waals surface area contributed by atoms with Crippen LogP contribution in [-0.4, -0.2) is 32.5 Å². The van der Waals surface area contributed by atoms with Gasteiger partial charge in [-0.25, -0.2) is 0 Å². The molecule has 0 unspecified atom stereocenters. The lowest BCUT2D eigenvalue weighted by molar-refractivity contribution is 0.246. The van der Waals surface area contributed by atoms with Crippen molar-refractivity contribution in [2.45, 2.75) is 19.4 Å². The smallest absolute Gasteiger partial charge is 0.178 e. The highest BCUT2D eigenvalue weighted by Crippen LogP contribution is 2.28. The van der Waals surface area contributed by atoms with Gasteiger partial charge in [0.25, 0.3) is 0 Å². The number of fused-ring (bicyclic) bond motifs is 2. The van der Waals surface area contributed by atoms with Crippen molar-refractivity contribution in [2.24, 2.45) is 0 Å². The van der Waals surface area contributed by atoms with E-state index in [0.717, 1.165) is 29.5 Å².